The van der Waals surface area contributed by atoms with E-state index in [1.807, 2.05) is 18.3 Å². The molecular weight excluding hydrogens is 366 g/mol. The molecule has 28 heavy (non-hydrogen) atoms. The van der Waals surface area contributed by atoms with E-state index in [-0.39, 0.29) is 0 Å². The molecule has 0 aliphatic rings. The molecular formula is C23H27N3OS. The van der Waals surface area contributed by atoms with Crippen molar-refractivity contribution >= 4 is 22.7 Å². The smallest absolute Gasteiger partial charge is 0.186 e. The SMILES string of the molecule is CCCCN(Cc1ccc(C=NC)cc1)c1nc(-c2ccc(OC)cc2)cs1. The number of rotatable bonds is 9. The van der Waals surface area contributed by atoms with Crippen molar-refractivity contribution < 1.29 is 4.74 Å². The van der Waals surface area contributed by atoms with Crippen LogP contribution in [0, 0.1) is 0 Å². The molecule has 0 aliphatic heterocycles. The molecule has 3 aromatic rings. The number of methoxy groups -OCH3 is 1. The Bertz CT molecular complexity index is 885. The van der Waals surface area contributed by atoms with E-state index in [9.17, 15) is 0 Å². The third-order valence-electron chi connectivity index (χ3n) is 4.56. The highest BCUT2D eigenvalue weighted by molar-refractivity contribution is 7.14. The van der Waals surface area contributed by atoms with Crippen LogP contribution in [0.3, 0.4) is 0 Å². The number of ether oxygens (including phenoxy) is 1. The minimum Gasteiger partial charge on any atom is -0.497 e. The summed E-state index contributed by atoms with van der Waals surface area (Å²) in [6.07, 6.45) is 4.19. The summed E-state index contributed by atoms with van der Waals surface area (Å²) >= 11 is 1.71. The summed E-state index contributed by atoms with van der Waals surface area (Å²) in [5.74, 6) is 0.861. The Morgan fingerprint density at radius 3 is 2.50 bits per heavy atom. The molecule has 2 aromatic carbocycles. The van der Waals surface area contributed by atoms with Gasteiger partial charge in [0.2, 0.25) is 0 Å². The average molecular weight is 394 g/mol. The maximum absolute atomic E-state index is 5.25. The lowest BCUT2D eigenvalue weighted by atomic mass is 10.1. The second-order valence-electron chi connectivity index (χ2n) is 6.65. The van der Waals surface area contributed by atoms with E-state index in [1.165, 1.54) is 12.0 Å². The second kappa shape index (κ2) is 10.0. The Kier molecular flexibility index (Phi) is 7.20. The second-order valence-corrected chi connectivity index (χ2v) is 7.48. The highest BCUT2D eigenvalue weighted by Crippen LogP contribution is 2.29. The molecule has 0 spiro atoms. The summed E-state index contributed by atoms with van der Waals surface area (Å²) in [6.45, 7) is 4.09. The highest BCUT2D eigenvalue weighted by Gasteiger charge is 2.13. The van der Waals surface area contributed by atoms with E-state index >= 15 is 0 Å². The van der Waals surface area contributed by atoms with Crippen molar-refractivity contribution in [3.63, 3.8) is 0 Å². The van der Waals surface area contributed by atoms with Gasteiger partial charge in [-0.2, -0.15) is 0 Å². The third-order valence-corrected chi connectivity index (χ3v) is 5.46. The van der Waals surface area contributed by atoms with E-state index in [2.05, 4.69) is 58.6 Å². The van der Waals surface area contributed by atoms with Crippen LogP contribution in [0.2, 0.25) is 0 Å². The normalized spacial score (nSPS) is 11.1. The number of nitrogens with zero attached hydrogens (tertiary/aromatic N) is 3. The predicted octanol–water partition coefficient (Wildman–Crippen LogP) is 5.67. The van der Waals surface area contributed by atoms with Crippen LogP contribution >= 0.6 is 11.3 Å². The van der Waals surface area contributed by atoms with Crippen LogP contribution in [0.4, 0.5) is 5.13 Å². The molecule has 0 amide bonds. The molecule has 0 saturated heterocycles. The van der Waals surface area contributed by atoms with Crippen molar-refractivity contribution in [1.29, 1.82) is 0 Å². The Balaban J connectivity index is 1.78. The maximum atomic E-state index is 5.25. The summed E-state index contributed by atoms with van der Waals surface area (Å²) in [6, 6.07) is 16.6. The molecule has 0 atom stereocenters. The molecule has 0 saturated carbocycles. The summed E-state index contributed by atoms with van der Waals surface area (Å²) in [5, 5.41) is 3.20. The quantitative estimate of drug-likeness (QED) is 0.439. The molecule has 1 heterocycles. The molecule has 0 N–H and O–H groups in total. The van der Waals surface area contributed by atoms with Crippen LogP contribution in [0.5, 0.6) is 5.75 Å². The van der Waals surface area contributed by atoms with E-state index in [1.54, 1.807) is 25.5 Å². The first-order valence-corrected chi connectivity index (χ1v) is 10.5. The first-order chi connectivity index (χ1) is 13.7. The Hall–Kier alpha value is -2.66. The Labute approximate surface area is 171 Å². The monoisotopic (exact) mass is 393 g/mol. The standard InChI is InChI=1S/C23H27N3OS/c1-4-5-14-26(16-19-8-6-18(7-9-19)15-24-2)23-25-22(17-28-23)20-10-12-21(27-3)13-11-20/h6-13,15,17H,4-5,14,16H2,1-3H3. The largest absolute Gasteiger partial charge is 0.497 e. The van der Waals surface area contributed by atoms with Crippen LogP contribution in [0.25, 0.3) is 11.3 Å². The summed E-state index contributed by atoms with van der Waals surface area (Å²) in [4.78, 5) is 11.4. The molecule has 4 nitrogen and oxygen atoms in total. The van der Waals surface area contributed by atoms with Crippen molar-refractivity contribution in [3.8, 4) is 17.0 Å². The highest BCUT2D eigenvalue weighted by atomic mass is 32.1. The lowest BCUT2D eigenvalue weighted by Gasteiger charge is -2.22. The maximum Gasteiger partial charge on any atom is 0.186 e. The fourth-order valence-corrected chi connectivity index (χ4v) is 3.84. The van der Waals surface area contributed by atoms with Gasteiger partial charge in [-0.3, -0.25) is 4.99 Å². The van der Waals surface area contributed by atoms with E-state index in [4.69, 9.17) is 9.72 Å². The molecule has 0 fully saturated rings. The number of anilines is 1. The van der Waals surface area contributed by atoms with Crippen molar-refractivity contribution in [2.75, 3.05) is 25.6 Å². The number of hydrogen-bond acceptors (Lipinski definition) is 5. The van der Waals surface area contributed by atoms with Crippen LogP contribution in [-0.2, 0) is 6.54 Å². The number of benzene rings is 2. The van der Waals surface area contributed by atoms with Crippen molar-refractivity contribution in [1.82, 2.24) is 4.98 Å². The van der Waals surface area contributed by atoms with Crippen LogP contribution in [-0.4, -0.2) is 31.9 Å². The number of thiazole rings is 1. The third kappa shape index (κ3) is 5.20. The van der Waals surface area contributed by atoms with Gasteiger partial charge in [-0.15, -0.1) is 11.3 Å². The van der Waals surface area contributed by atoms with Crippen LogP contribution in [0.15, 0.2) is 58.9 Å². The first kappa shape index (κ1) is 20.1. The molecule has 146 valence electrons. The van der Waals surface area contributed by atoms with Gasteiger partial charge in [0.1, 0.15) is 5.75 Å². The Morgan fingerprint density at radius 1 is 1.11 bits per heavy atom. The van der Waals surface area contributed by atoms with Gasteiger partial charge < -0.3 is 9.64 Å². The molecule has 0 aliphatic carbocycles. The average Bonchev–Trinajstić information content (AvgIpc) is 3.23. The lowest BCUT2D eigenvalue weighted by molar-refractivity contribution is 0.415. The van der Waals surface area contributed by atoms with Gasteiger partial charge in [-0.1, -0.05) is 37.6 Å². The predicted molar refractivity (Wildman–Crippen MR) is 120 cm³/mol. The number of aliphatic imine (C=N–C) groups is 1. The van der Waals surface area contributed by atoms with E-state index in [0.717, 1.165) is 47.2 Å². The van der Waals surface area contributed by atoms with Gasteiger partial charge >= 0.3 is 0 Å². The fraction of sp³-hybridized carbons (Fsp3) is 0.304. The molecule has 5 heteroatoms. The number of unbranched alkanes of at least 4 members (excludes halogenated alkanes) is 1. The Morgan fingerprint density at radius 2 is 1.86 bits per heavy atom. The topological polar surface area (TPSA) is 37.7 Å². The zero-order valence-corrected chi connectivity index (χ0v) is 17.6. The van der Waals surface area contributed by atoms with Crippen molar-refractivity contribution in [2.45, 2.75) is 26.3 Å². The first-order valence-electron chi connectivity index (χ1n) is 9.59. The van der Waals surface area contributed by atoms with Crippen LogP contribution < -0.4 is 9.64 Å². The minimum absolute atomic E-state index is 0.860. The van der Waals surface area contributed by atoms with Gasteiger partial charge in [0, 0.05) is 37.3 Å². The van der Waals surface area contributed by atoms with Crippen LogP contribution in [0.1, 0.15) is 30.9 Å². The zero-order valence-electron chi connectivity index (χ0n) is 16.8. The molecule has 0 unspecified atom stereocenters. The van der Waals surface area contributed by atoms with E-state index < -0.39 is 0 Å². The molecule has 1 aromatic heterocycles. The van der Waals surface area contributed by atoms with Crippen molar-refractivity contribution in [3.05, 3.63) is 65.0 Å². The molecule has 3 rings (SSSR count). The summed E-state index contributed by atoms with van der Waals surface area (Å²) < 4.78 is 5.25. The minimum atomic E-state index is 0.860. The van der Waals surface area contributed by atoms with Gasteiger partial charge in [0.25, 0.3) is 0 Å². The molecule has 0 radical (unpaired) electrons. The number of hydrogen-bond donors (Lipinski definition) is 0. The molecule has 0 bridgehead atoms. The van der Waals surface area contributed by atoms with Crippen molar-refractivity contribution in [2.24, 2.45) is 4.99 Å². The zero-order chi connectivity index (χ0) is 19.8. The fourth-order valence-electron chi connectivity index (χ4n) is 2.97. The summed E-state index contributed by atoms with van der Waals surface area (Å²) in [7, 11) is 3.48. The lowest BCUT2D eigenvalue weighted by Crippen LogP contribution is -2.23. The van der Waals surface area contributed by atoms with E-state index in [0.29, 0.717) is 0 Å². The van der Waals surface area contributed by atoms with Gasteiger partial charge in [0.15, 0.2) is 5.13 Å². The van der Waals surface area contributed by atoms with Gasteiger partial charge in [0.05, 0.1) is 12.8 Å². The number of aromatic nitrogens is 1. The van der Waals surface area contributed by atoms with Gasteiger partial charge in [-0.05, 0) is 41.8 Å². The van der Waals surface area contributed by atoms with Gasteiger partial charge in [-0.25, -0.2) is 4.98 Å². The summed E-state index contributed by atoms with van der Waals surface area (Å²) in [5.41, 5.74) is 4.54.